The molecule has 142 valence electrons. The van der Waals surface area contributed by atoms with Gasteiger partial charge in [-0.2, -0.15) is 0 Å². The molecule has 0 aliphatic heterocycles. The second-order valence-corrected chi connectivity index (χ2v) is 6.15. The van der Waals surface area contributed by atoms with Crippen LogP contribution in [0.15, 0.2) is 48.1 Å². The minimum absolute atomic E-state index is 0.00310. The quantitative estimate of drug-likeness (QED) is 0.203. The van der Waals surface area contributed by atoms with E-state index >= 15 is 0 Å². The first-order chi connectivity index (χ1) is 12.8. The molecule has 0 bridgehead atoms. The SMILES string of the molecule is CC/C=C/C(=O)O/C(=C\C=C(C)C)c1cc(O)c2c(O)ccc(O)c2c1O. The average molecular weight is 370 g/mol. The standard InChI is InChI=1S/C21H22O6/c1-4-5-6-18(25)27-17(10-7-12(2)3)13-11-16(24)19-14(22)8-9-15(23)20(19)21(13)26/h5-11,22-24,26H,4H2,1-3H3/b6-5+,17-10-. The minimum Gasteiger partial charge on any atom is -0.507 e. The van der Waals surface area contributed by atoms with Gasteiger partial charge in [0.05, 0.1) is 16.3 Å². The Hall–Kier alpha value is -3.41. The van der Waals surface area contributed by atoms with Gasteiger partial charge < -0.3 is 25.2 Å². The number of allylic oxidation sites excluding steroid dienone is 4. The van der Waals surface area contributed by atoms with Crippen molar-refractivity contribution >= 4 is 22.5 Å². The maximum atomic E-state index is 12.0. The molecule has 0 fully saturated rings. The van der Waals surface area contributed by atoms with Crippen LogP contribution in [0, 0.1) is 0 Å². The zero-order valence-corrected chi connectivity index (χ0v) is 15.4. The Labute approximate surface area is 157 Å². The summed E-state index contributed by atoms with van der Waals surface area (Å²) < 4.78 is 5.32. The zero-order chi connectivity index (χ0) is 20.1. The average Bonchev–Trinajstić information content (AvgIpc) is 2.61. The molecule has 6 heteroatoms. The topological polar surface area (TPSA) is 107 Å². The number of fused-ring (bicyclic) bond motifs is 1. The highest BCUT2D eigenvalue weighted by atomic mass is 16.5. The van der Waals surface area contributed by atoms with Gasteiger partial charge in [-0.3, -0.25) is 0 Å². The molecular formula is C21H22O6. The van der Waals surface area contributed by atoms with Crippen molar-refractivity contribution in [2.24, 2.45) is 0 Å². The molecule has 0 heterocycles. The van der Waals surface area contributed by atoms with Crippen LogP contribution in [-0.2, 0) is 9.53 Å². The second kappa shape index (κ2) is 8.31. The molecule has 0 atom stereocenters. The van der Waals surface area contributed by atoms with Gasteiger partial charge in [-0.15, -0.1) is 0 Å². The van der Waals surface area contributed by atoms with Crippen LogP contribution in [0.3, 0.4) is 0 Å². The summed E-state index contributed by atoms with van der Waals surface area (Å²) in [5.41, 5.74) is 0.911. The van der Waals surface area contributed by atoms with Crippen LogP contribution >= 0.6 is 0 Å². The number of benzene rings is 2. The van der Waals surface area contributed by atoms with Crippen molar-refractivity contribution in [3.8, 4) is 23.0 Å². The normalized spacial score (nSPS) is 11.7. The molecule has 6 nitrogen and oxygen atoms in total. The molecule has 0 aliphatic rings. The van der Waals surface area contributed by atoms with Crippen molar-refractivity contribution in [2.75, 3.05) is 0 Å². The second-order valence-electron chi connectivity index (χ2n) is 6.15. The van der Waals surface area contributed by atoms with Gasteiger partial charge in [-0.25, -0.2) is 4.79 Å². The lowest BCUT2D eigenvalue weighted by Crippen LogP contribution is -2.01. The van der Waals surface area contributed by atoms with E-state index in [1.54, 1.807) is 12.2 Å². The Kier molecular flexibility index (Phi) is 6.13. The Morgan fingerprint density at radius 3 is 2.22 bits per heavy atom. The van der Waals surface area contributed by atoms with Gasteiger partial charge in [0, 0.05) is 6.08 Å². The first kappa shape index (κ1) is 19.9. The van der Waals surface area contributed by atoms with E-state index in [-0.39, 0.29) is 39.3 Å². The number of esters is 1. The highest BCUT2D eigenvalue weighted by Crippen LogP contribution is 2.46. The predicted octanol–water partition coefficient (Wildman–Crippen LogP) is 4.48. The van der Waals surface area contributed by atoms with E-state index in [9.17, 15) is 25.2 Å². The number of aromatic hydroxyl groups is 4. The number of ether oxygens (including phenoxy) is 1. The Bertz CT molecular complexity index is 963. The van der Waals surface area contributed by atoms with E-state index in [4.69, 9.17) is 4.74 Å². The molecule has 2 aromatic carbocycles. The molecule has 0 amide bonds. The van der Waals surface area contributed by atoms with Crippen molar-refractivity contribution < 1.29 is 30.0 Å². The monoisotopic (exact) mass is 370 g/mol. The summed E-state index contributed by atoms with van der Waals surface area (Å²) >= 11 is 0. The van der Waals surface area contributed by atoms with Crippen LogP contribution < -0.4 is 0 Å². The molecule has 0 saturated carbocycles. The molecule has 0 aliphatic carbocycles. The number of hydrogen-bond acceptors (Lipinski definition) is 6. The highest BCUT2D eigenvalue weighted by molar-refractivity contribution is 6.04. The first-order valence-electron chi connectivity index (χ1n) is 8.39. The molecule has 2 aromatic rings. The molecule has 2 rings (SSSR count). The fourth-order valence-corrected chi connectivity index (χ4v) is 2.46. The Balaban J connectivity index is 2.70. The van der Waals surface area contributed by atoms with Crippen molar-refractivity contribution in [1.29, 1.82) is 0 Å². The predicted molar refractivity (Wildman–Crippen MR) is 104 cm³/mol. The van der Waals surface area contributed by atoms with Crippen LogP contribution in [0.25, 0.3) is 16.5 Å². The van der Waals surface area contributed by atoms with Gasteiger partial charge in [-0.05, 0) is 44.5 Å². The summed E-state index contributed by atoms with van der Waals surface area (Å²) in [6.07, 6.45) is 6.69. The van der Waals surface area contributed by atoms with E-state index in [1.807, 2.05) is 20.8 Å². The fraction of sp³-hybridized carbons (Fsp3) is 0.190. The molecule has 27 heavy (non-hydrogen) atoms. The number of hydrogen-bond donors (Lipinski definition) is 4. The van der Waals surface area contributed by atoms with Crippen molar-refractivity contribution in [3.05, 3.63) is 53.6 Å². The first-order valence-corrected chi connectivity index (χ1v) is 8.39. The number of carbonyl (C=O) groups is 1. The van der Waals surface area contributed by atoms with Crippen LogP contribution in [0.1, 0.15) is 32.8 Å². The van der Waals surface area contributed by atoms with E-state index in [2.05, 4.69) is 0 Å². The Morgan fingerprint density at radius 2 is 1.63 bits per heavy atom. The number of phenols is 4. The summed E-state index contributed by atoms with van der Waals surface area (Å²) in [4.78, 5) is 12.0. The molecule has 0 aromatic heterocycles. The molecule has 0 radical (unpaired) electrons. The van der Waals surface area contributed by atoms with E-state index in [0.717, 1.165) is 11.6 Å². The van der Waals surface area contributed by atoms with Gasteiger partial charge in [0.2, 0.25) is 0 Å². The van der Waals surface area contributed by atoms with Gasteiger partial charge >= 0.3 is 5.97 Å². The van der Waals surface area contributed by atoms with Crippen LogP contribution in [0.5, 0.6) is 23.0 Å². The molecule has 0 spiro atoms. The highest BCUT2D eigenvalue weighted by Gasteiger charge is 2.21. The van der Waals surface area contributed by atoms with Gasteiger partial charge in [0.25, 0.3) is 0 Å². The summed E-state index contributed by atoms with van der Waals surface area (Å²) in [5, 5.41) is 40.7. The van der Waals surface area contributed by atoms with Gasteiger partial charge in [0.1, 0.15) is 28.8 Å². The van der Waals surface area contributed by atoms with E-state index in [1.165, 1.54) is 24.3 Å². The summed E-state index contributed by atoms with van der Waals surface area (Å²) in [5.74, 6) is -2.12. The zero-order valence-electron chi connectivity index (χ0n) is 15.4. The van der Waals surface area contributed by atoms with Crippen LogP contribution in [-0.4, -0.2) is 26.4 Å². The van der Waals surface area contributed by atoms with Crippen molar-refractivity contribution in [1.82, 2.24) is 0 Å². The van der Waals surface area contributed by atoms with Crippen LogP contribution in [0.4, 0.5) is 0 Å². The number of phenolic OH excluding ortho intramolecular Hbond substituents is 4. The largest absolute Gasteiger partial charge is 0.507 e. The minimum atomic E-state index is -0.649. The van der Waals surface area contributed by atoms with E-state index in [0.29, 0.717) is 6.42 Å². The maximum Gasteiger partial charge on any atom is 0.335 e. The van der Waals surface area contributed by atoms with Crippen molar-refractivity contribution in [2.45, 2.75) is 27.2 Å². The van der Waals surface area contributed by atoms with Gasteiger partial charge in [-0.1, -0.05) is 24.6 Å². The lowest BCUT2D eigenvalue weighted by Gasteiger charge is -2.14. The summed E-state index contributed by atoms with van der Waals surface area (Å²) in [6, 6.07) is 3.56. The lowest BCUT2D eigenvalue weighted by atomic mass is 10.0. The van der Waals surface area contributed by atoms with Crippen molar-refractivity contribution in [3.63, 3.8) is 0 Å². The Morgan fingerprint density at radius 1 is 1.00 bits per heavy atom. The van der Waals surface area contributed by atoms with E-state index < -0.39 is 11.7 Å². The molecule has 0 unspecified atom stereocenters. The third kappa shape index (κ3) is 4.41. The molecule has 0 saturated heterocycles. The fourth-order valence-electron chi connectivity index (χ4n) is 2.46. The molecule has 4 N–H and O–H groups in total. The van der Waals surface area contributed by atoms with Gasteiger partial charge in [0.15, 0.2) is 0 Å². The van der Waals surface area contributed by atoms with Crippen LogP contribution in [0.2, 0.25) is 0 Å². The summed E-state index contributed by atoms with van der Waals surface area (Å²) in [7, 11) is 0. The smallest absolute Gasteiger partial charge is 0.335 e. The number of carbonyl (C=O) groups excluding carboxylic acids is 1. The lowest BCUT2D eigenvalue weighted by molar-refractivity contribution is -0.131. The molecular weight excluding hydrogens is 348 g/mol. The maximum absolute atomic E-state index is 12.0. The summed E-state index contributed by atoms with van der Waals surface area (Å²) in [6.45, 7) is 5.55. The third-order valence-corrected chi connectivity index (χ3v) is 3.72. The number of rotatable bonds is 5. The third-order valence-electron chi connectivity index (χ3n) is 3.72.